The summed E-state index contributed by atoms with van der Waals surface area (Å²) in [6.07, 6.45) is 4.73. The first-order valence-corrected chi connectivity index (χ1v) is 4.69. The van der Waals surface area contributed by atoms with Gasteiger partial charge in [-0.2, -0.15) is 0 Å². The molecular weight excluding hydrogens is 138 g/mol. The Labute approximate surface area is 69.2 Å². The fourth-order valence-corrected chi connectivity index (χ4v) is 1.62. The maximum Gasteiger partial charge on any atom is 0.0512 e. The first-order valence-electron chi connectivity index (χ1n) is 4.69. The van der Waals surface area contributed by atoms with Crippen molar-refractivity contribution in [2.24, 2.45) is 0 Å². The molecule has 0 radical (unpaired) electrons. The molecule has 0 bridgehead atoms. The van der Waals surface area contributed by atoms with Crippen molar-refractivity contribution in [3.63, 3.8) is 0 Å². The van der Waals surface area contributed by atoms with E-state index in [0.717, 1.165) is 12.8 Å². The molecule has 0 aliphatic carbocycles. The second-order valence-electron chi connectivity index (χ2n) is 3.54. The molecule has 0 amide bonds. The topological polar surface area (TPSA) is 23.5 Å². The quantitative estimate of drug-likeness (QED) is 0.663. The molecule has 1 fully saturated rings. The van der Waals surface area contributed by atoms with Crippen LogP contribution in [0.5, 0.6) is 0 Å². The summed E-state index contributed by atoms with van der Waals surface area (Å²) in [5.74, 6) is 0. The summed E-state index contributed by atoms with van der Waals surface area (Å²) in [7, 11) is 0. The van der Waals surface area contributed by atoms with Crippen LogP contribution in [0.25, 0.3) is 0 Å². The average molecular weight is 157 g/mol. The number of likely N-dealkylation sites (tertiary alicyclic amines) is 1. The lowest BCUT2D eigenvalue weighted by Gasteiger charge is -2.14. The molecule has 1 saturated heterocycles. The lowest BCUT2D eigenvalue weighted by Crippen LogP contribution is -2.21. The first-order chi connectivity index (χ1) is 5.29. The summed E-state index contributed by atoms with van der Waals surface area (Å²) >= 11 is 0. The monoisotopic (exact) mass is 157 g/mol. The van der Waals surface area contributed by atoms with Crippen LogP contribution in [0.4, 0.5) is 0 Å². The Kier molecular flexibility index (Phi) is 3.87. The van der Waals surface area contributed by atoms with E-state index in [1.54, 1.807) is 0 Å². The van der Waals surface area contributed by atoms with E-state index < -0.39 is 0 Å². The smallest absolute Gasteiger partial charge is 0.0512 e. The summed E-state index contributed by atoms with van der Waals surface area (Å²) in [4.78, 5) is 2.49. The van der Waals surface area contributed by atoms with Gasteiger partial charge in [0.25, 0.3) is 0 Å². The van der Waals surface area contributed by atoms with E-state index in [-0.39, 0.29) is 6.10 Å². The van der Waals surface area contributed by atoms with Crippen LogP contribution >= 0.6 is 0 Å². The zero-order valence-corrected chi connectivity index (χ0v) is 7.42. The number of aliphatic hydroxyl groups is 1. The van der Waals surface area contributed by atoms with Crippen molar-refractivity contribution in [1.82, 2.24) is 4.90 Å². The fourth-order valence-electron chi connectivity index (χ4n) is 1.62. The van der Waals surface area contributed by atoms with Crippen molar-refractivity contribution in [2.45, 2.75) is 38.7 Å². The van der Waals surface area contributed by atoms with Crippen molar-refractivity contribution >= 4 is 0 Å². The Morgan fingerprint density at radius 2 is 2.00 bits per heavy atom. The molecule has 2 nitrogen and oxygen atoms in total. The van der Waals surface area contributed by atoms with Crippen molar-refractivity contribution in [1.29, 1.82) is 0 Å². The van der Waals surface area contributed by atoms with E-state index >= 15 is 0 Å². The summed E-state index contributed by atoms with van der Waals surface area (Å²) in [5.41, 5.74) is 0. The van der Waals surface area contributed by atoms with E-state index in [9.17, 15) is 0 Å². The Morgan fingerprint density at radius 1 is 1.36 bits per heavy atom. The third-order valence-corrected chi connectivity index (χ3v) is 2.29. The summed E-state index contributed by atoms with van der Waals surface area (Å²) in [6, 6.07) is 0. The third kappa shape index (κ3) is 3.73. The molecule has 0 aromatic rings. The van der Waals surface area contributed by atoms with Gasteiger partial charge in [-0.25, -0.2) is 0 Å². The van der Waals surface area contributed by atoms with Gasteiger partial charge in [0, 0.05) is 0 Å². The van der Waals surface area contributed by atoms with Crippen LogP contribution < -0.4 is 0 Å². The zero-order chi connectivity index (χ0) is 8.10. The van der Waals surface area contributed by atoms with Crippen molar-refractivity contribution in [2.75, 3.05) is 19.6 Å². The highest BCUT2D eigenvalue weighted by atomic mass is 16.3. The normalized spacial score (nSPS) is 22.4. The van der Waals surface area contributed by atoms with Gasteiger partial charge in [0.05, 0.1) is 6.10 Å². The zero-order valence-electron chi connectivity index (χ0n) is 7.42. The van der Waals surface area contributed by atoms with Gasteiger partial charge in [-0.15, -0.1) is 0 Å². The fraction of sp³-hybridized carbons (Fsp3) is 1.00. The molecular formula is C9H19NO. The lowest BCUT2D eigenvalue weighted by atomic mass is 10.2. The molecule has 0 spiro atoms. The first kappa shape index (κ1) is 9.01. The second-order valence-corrected chi connectivity index (χ2v) is 3.54. The van der Waals surface area contributed by atoms with Crippen molar-refractivity contribution in [3.05, 3.63) is 0 Å². The predicted molar refractivity (Wildman–Crippen MR) is 46.6 cm³/mol. The predicted octanol–water partition coefficient (Wildman–Crippen LogP) is 1.24. The molecule has 1 heterocycles. The van der Waals surface area contributed by atoms with E-state index in [4.69, 9.17) is 5.11 Å². The van der Waals surface area contributed by atoms with Crippen LogP contribution in [0.15, 0.2) is 0 Å². The molecule has 1 rings (SSSR count). The van der Waals surface area contributed by atoms with E-state index in [1.165, 1.54) is 32.5 Å². The third-order valence-electron chi connectivity index (χ3n) is 2.29. The largest absolute Gasteiger partial charge is 0.393 e. The minimum absolute atomic E-state index is 0.113. The minimum atomic E-state index is -0.113. The Morgan fingerprint density at radius 3 is 2.55 bits per heavy atom. The van der Waals surface area contributed by atoms with Crippen molar-refractivity contribution in [3.8, 4) is 0 Å². The van der Waals surface area contributed by atoms with Crippen LogP contribution in [-0.4, -0.2) is 35.7 Å². The van der Waals surface area contributed by atoms with E-state index in [0.29, 0.717) is 0 Å². The molecule has 11 heavy (non-hydrogen) atoms. The van der Waals surface area contributed by atoms with Gasteiger partial charge in [-0.1, -0.05) is 0 Å². The van der Waals surface area contributed by atoms with Gasteiger partial charge in [-0.3, -0.25) is 0 Å². The van der Waals surface area contributed by atoms with Gasteiger partial charge >= 0.3 is 0 Å². The molecule has 2 heteroatoms. The molecule has 0 unspecified atom stereocenters. The Hall–Kier alpha value is -0.0800. The minimum Gasteiger partial charge on any atom is -0.393 e. The Bertz CT molecular complexity index is 97.7. The van der Waals surface area contributed by atoms with Crippen LogP contribution in [0.1, 0.15) is 32.6 Å². The molecule has 1 aliphatic rings. The molecule has 66 valence electrons. The standard InChI is InChI=1S/C9H19NO/c1-9(11)5-4-8-10-6-2-3-7-10/h9,11H,2-8H2,1H3/t9-/m0/s1. The van der Waals surface area contributed by atoms with Gasteiger partial charge in [0.15, 0.2) is 0 Å². The molecule has 0 saturated carbocycles. The molecule has 0 aromatic heterocycles. The van der Waals surface area contributed by atoms with Gasteiger partial charge in [0.1, 0.15) is 0 Å². The second kappa shape index (κ2) is 4.73. The van der Waals surface area contributed by atoms with Crippen LogP contribution in [-0.2, 0) is 0 Å². The van der Waals surface area contributed by atoms with Gasteiger partial charge in [-0.05, 0) is 52.2 Å². The number of aliphatic hydroxyl groups excluding tert-OH is 1. The molecule has 0 aromatic carbocycles. The summed E-state index contributed by atoms with van der Waals surface area (Å²) in [6.45, 7) is 5.61. The molecule has 1 aliphatic heterocycles. The maximum absolute atomic E-state index is 9.01. The van der Waals surface area contributed by atoms with Gasteiger partial charge < -0.3 is 10.0 Å². The highest BCUT2D eigenvalue weighted by molar-refractivity contribution is 4.65. The number of hydrogen-bond donors (Lipinski definition) is 1. The van der Waals surface area contributed by atoms with Crippen LogP contribution in [0, 0.1) is 0 Å². The highest BCUT2D eigenvalue weighted by Crippen LogP contribution is 2.08. The van der Waals surface area contributed by atoms with Crippen molar-refractivity contribution < 1.29 is 5.11 Å². The van der Waals surface area contributed by atoms with E-state index in [2.05, 4.69) is 4.90 Å². The number of nitrogens with zero attached hydrogens (tertiary/aromatic N) is 1. The number of rotatable bonds is 4. The molecule has 1 atom stereocenters. The summed E-state index contributed by atoms with van der Waals surface area (Å²) < 4.78 is 0. The Balaban J connectivity index is 1.94. The maximum atomic E-state index is 9.01. The SMILES string of the molecule is C[C@H](O)CCCN1CCCC1. The lowest BCUT2D eigenvalue weighted by molar-refractivity contribution is 0.174. The van der Waals surface area contributed by atoms with Gasteiger partial charge in [0.2, 0.25) is 0 Å². The van der Waals surface area contributed by atoms with Crippen LogP contribution in [0.3, 0.4) is 0 Å². The summed E-state index contributed by atoms with van der Waals surface area (Å²) in [5, 5.41) is 9.01. The number of hydrogen-bond acceptors (Lipinski definition) is 2. The highest BCUT2D eigenvalue weighted by Gasteiger charge is 2.10. The molecule has 1 N–H and O–H groups in total. The average Bonchev–Trinajstić information content (AvgIpc) is 2.39. The van der Waals surface area contributed by atoms with E-state index in [1.807, 2.05) is 6.92 Å². The van der Waals surface area contributed by atoms with Crippen LogP contribution in [0.2, 0.25) is 0 Å².